The van der Waals surface area contributed by atoms with E-state index in [1.54, 1.807) is 89.5 Å². The van der Waals surface area contributed by atoms with Gasteiger partial charge in [0.2, 0.25) is 28.9 Å². The largest absolute Gasteiger partial charge is 0.493 e. The standard InChI is InChI=1S/C62H78N6O13/c1-38(2)58(67-55(73)11-8-12-56(74)68-30-27-43(28-31-68)39(3)69)52(72)32-45(10-9-29-64-62(63)76)61(75)66-46-21-17-42(18-22-46)36-81-37-47(70)23-19-40-13-15-41(16-14-40)35-65-50-25-20-44-33-54(78-5)59(79-6)60(80-7)57(44)48-24-26-53(77-4)51(71)34-49(48)50/h13-19,21-24,26,33-34,38,43,45,50,58,65H,8-12,20,25,27-32,35-37H2,1-7H3,(H,66,75)(H,67,73)(H3,63,64,76)/b23-19+/t45-,50?,58+/m1/s1. The van der Waals surface area contributed by atoms with Crippen molar-refractivity contribution in [3.63, 3.8) is 0 Å². The number of amides is 5. The van der Waals surface area contributed by atoms with Gasteiger partial charge in [-0.1, -0.05) is 62.4 Å². The Morgan fingerprint density at radius 1 is 0.790 bits per heavy atom. The molecule has 1 fully saturated rings. The van der Waals surface area contributed by atoms with Crippen molar-refractivity contribution in [2.75, 3.05) is 60.0 Å². The van der Waals surface area contributed by atoms with Crippen LogP contribution in [0.25, 0.3) is 17.2 Å². The lowest BCUT2D eigenvalue weighted by Crippen LogP contribution is -2.45. The Kier molecular flexibility index (Phi) is 23.6. The number of hydrogen-bond acceptors (Lipinski definition) is 14. The number of Topliss-reactive ketones (excluding diaryl/α,β-unsaturated/α-hetero) is 2. The van der Waals surface area contributed by atoms with Crippen molar-refractivity contribution in [2.45, 2.75) is 110 Å². The van der Waals surface area contributed by atoms with Crippen molar-refractivity contribution in [1.29, 1.82) is 0 Å². The lowest BCUT2D eigenvalue weighted by atomic mass is 9.89. The van der Waals surface area contributed by atoms with Crippen LogP contribution in [0.2, 0.25) is 0 Å². The lowest BCUT2D eigenvalue weighted by Gasteiger charge is -2.31. The third-order valence-electron chi connectivity index (χ3n) is 14.8. The summed E-state index contributed by atoms with van der Waals surface area (Å²) in [7, 11) is 6.20. The quantitative estimate of drug-likeness (QED) is 0.0262. The van der Waals surface area contributed by atoms with Gasteiger partial charge >= 0.3 is 6.03 Å². The second-order valence-electron chi connectivity index (χ2n) is 20.9. The number of aryl methyl sites for hydroxylation is 1. The molecule has 0 saturated carbocycles. The summed E-state index contributed by atoms with van der Waals surface area (Å²) in [6.07, 6.45) is 6.79. The average Bonchev–Trinajstić information content (AvgIpc) is 3.80. The van der Waals surface area contributed by atoms with Crippen molar-refractivity contribution in [3.8, 4) is 34.1 Å². The van der Waals surface area contributed by atoms with Crippen LogP contribution in [0.4, 0.5) is 10.5 Å². The van der Waals surface area contributed by atoms with Crippen molar-refractivity contribution in [2.24, 2.45) is 23.5 Å². The Hall–Kier alpha value is -7.90. The van der Waals surface area contributed by atoms with Crippen molar-refractivity contribution in [1.82, 2.24) is 20.9 Å². The number of rotatable bonds is 29. The summed E-state index contributed by atoms with van der Waals surface area (Å²) < 4.78 is 28.5. The van der Waals surface area contributed by atoms with E-state index < -0.39 is 23.9 Å². The molecule has 0 spiro atoms. The zero-order valence-electron chi connectivity index (χ0n) is 47.6. The molecule has 1 unspecified atom stereocenters. The number of anilines is 1. The number of urea groups is 1. The lowest BCUT2D eigenvalue weighted by molar-refractivity contribution is -0.135. The number of piperidine rings is 1. The predicted octanol–water partition coefficient (Wildman–Crippen LogP) is 7.43. The summed E-state index contributed by atoms with van der Waals surface area (Å²) in [5.74, 6) is -0.615. The number of ether oxygens (including phenoxy) is 5. The molecular weight excluding hydrogens is 1040 g/mol. The molecule has 4 aromatic rings. The van der Waals surface area contributed by atoms with E-state index in [2.05, 4.69) is 21.3 Å². The minimum atomic E-state index is -0.868. The van der Waals surface area contributed by atoms with Crippen molar-refractivity contribution < 1.29 is 57.2 Å². The van der Waals surface area contributed by atoms with E-state index in [9.17, 15) is 38.4 Å². The fraction of sp³-hybridized carbons (Fsp3) is 0.452. The average molecular weight is 1120 g/mol. The maximum atomic E-state index is 13.8. The first-order valence-corrected chi connectivity index (χ1v) is 27.6. The number of primary amides is 1. The normalized spacial score (nSPS) is 14.9. The Morgan fingerprint density at radius 3 is 2.12 bits per heavy atom. The fourth-order valence-electron chi connectivity index (χ4n) is 10.3. The van der Waals surface area contributed by atoms with Crippen LogP contribution in [-0.2, 0) is 53.1 Å². The molecule has 3 atom stereocenters. The topological polar surface area (TPSA) is 260 Å². The van der Waals surface area contributed by atoms with Crippen LogP contribution in [0.5, 0.6) is 23.0 Å². The van der Waals surface area contributed by atoms with E-state index in [0.717, 1.165) is 38.9 Å². The molecule has 19 nitrogen and oxygen atoms in total. The monoisotopic (exact) mass is 1110 g/mol. The van der Waals surface area contributed by atoms with Crippen molar-refractivity contribution >= 4 is 52.9 Å². The maximum absolute atomic E-state index is 13.8. The van der Waals surface area contributed by atoms with Gasteiger partial charge in [-0.25, -0.2) is 4.79 Å². The number of hydrogen-bond donors (Lipinski definition) is 5. The number of fused-ring (bicyclic) bond motifs is 3. The third kappa shape index (κ3) is 17.8. The van der Waals surface area contributed by atoms with Gasteiger partial charge in [-0.3, -0.25) is 33.6 Å². The Balaban J connectivity index is 0.974. The van der Waals surface area contributed by atoms with E-state index >= 15 is 0 Å². The van der Waals surface area contributed by atoms with Crippen LogP contribution in [0.1, 0.15) is 112 Å². The van der Waals surface area contributed by atoms with E-state index in [4.69, 9.17) is 29.4 Å². The summed E-state index contributed by atoms with van der Waals surface area (Å²) in [4.78, 5) is 104. The first-order valence-electron chi connectivity index (χ1n) is 27.6. The highest BCUT2D eigenvalue weighted by Crippen LogP contribution is 2.50. The number of nitrogens with two attached hydrogens (primary N) is 1. The first-order chi connectivity index (χ1) is 38.9. The molecule has 1 saturated heterocycles. The van der Waals surface area contributed by atoms with E-state index in [1.807, 2.05) is 36.4 Å². The van der Waals surface area contributed by atoms with Gasteiger partial charge in [0.25, 0.3) is 0 Å². The molecule has 0 aromatic heterocycles. The Morgan fingerprint density at radius 2 is 1.48 bits per heavy atom. The van der Waals surface area contributed by atoms with E-state index in [1.165, 1.54) is 13.2 Å². The molecule has 6 rings (SSSR count). The van der Waals surface area contributed by atoms with Crippen LogP contribution in [0.15, 0.2) is 83.7 Å². The number of carbonyl (C=O) groups is 7. The predicted molar refractivity (Wildman–Crippen MR) is 308 cm³/mol. The second-order valence-corrected chi connectivity index (χ2v) is 20.9. The summed E-state index contributed by atoms with van der Waals surface area (Å²) in [5, 5.41) is 11.9. The molecule has 19 heteroatoms. The molecule has 1 heterocycles. The zero-order valence-corrected chi connectivity index (χ0v) is 47.6. The van der Waals surface area contributed by atoms with Gasteiger partial charge in [0, 0.05) is 74.6 Å². The minimum Gasteiger partial charge on any atom is -0.493 e. The SMILES string of the molecule is COc1cc2c(c(OC)c1OC)-c1ccc(OC)c(=O)cc1C(NCc1ccc(/C=C/C(=O)COCc3ccc(NC(=O)[C@H](CCCNC(N)=O)CC(=O)[C@@H](NC(=O)CCCC(=O)N4CCC(C(C)=O)CC4)C(C)C)cc3)cc1)CC2. The summed E-state index contributed by atoms with van der Waals surface area (Å²) >= 11 is 0. The van der Waals surface area contributed by atoms with Crippen molar-refractivity contribution in [3.05, 3.63) is 117 Å². The zero-order chi connectivity index (χ0) is 58.6. The van der Waals surface area contributed by atoms with Crippen LogP contribution in [-0.4, -0.2) is 107 Å². The van der Waals surface area contributed by atoms with E-state index in [0.29, 0.717) is 81.1 Å². The van der Waals surface area contributed by atoms with Crippen LogP contribution < -0.4 is 51.4 Å². The van der Waals surface area contributed by atoms with Crippen LogP contribution >= 0.6 is 0 Å². The number of nitrogens with one attached hydrogen (secondary N) is 4. The second kappa shape index (κ2) is 30.6. The first kappa shape index (κ1) is 62.3. The molecular formula is C62H78N6O13. The number of nitrogens with zero attached hydrogens (tertiary/aromatic N) is 1. The van der Waals surface area contributed by atoms with Gasteiger partial charge in [-0.2, -0.15) is 0 Å². The van der Waals surface area contributed by atoms with Gasteiger partial charge < -0.3 is 55.6 Å². The number of likely N-dealkylation sites (tertiary alicyclic amines) is 1. The summed E-state index contributed by atoms with van der Waals surface area (Å²) in [6, 6.07) is 20.1. The van der Waals surface area contributed by atoms with Gasteiger partial charge in [-0.15, -0.1) is 0 Å². The highest BCUT2D eigenvalue weighted by Gasteiger charge is 2.32. The smallest absolute Gasteiger partial charge is 0.312 e. The van der Waals surface area contributed by atoms with Crippen LogP contribution in [0.3, 0.4) is 0 Å². The number of methoxy groups -OCH3 is 4. The molecule has 0 bridgehead atoms. The number of benzene rings is 3. The van der Waals surface area contributed by atoms with Crippen LogP contribution in [0, 0.1) is 17.8 Å². The van der Waals surface area contributed by atoms with E-state index in [-0.39, 0.29) is 104 Å². The maximum Gasteiger partial charge on any atom is 0.312 e. The molecule has 0 radical (unpaired) electrons. The molecule has 434 valence electrons. The van der Waals surface area contributed by atoms with Gasteiger partial charge in [0.1, 0.15) is 12.4 Å². The molecule has 4 aromatic carbocycles. The molecule has 1 aliphatic heterocycles. The highest BCUT2D eigenvalue weighted by atomic mass is 16.5. The Labute approximate surface area is 474 Å². The summed E-state index contributed by atoms with van der Waals surface area (Å²) in [5.41, 5.74) is 11.5. The van der Waals surface area contributed by atoms with Gasteiger partial charge in [0.15, 0.2) is 28.8 Å². The summed E-state index contributed by atoms with van der Waals surface area (Å²) in [6.45, 7) is 6.89. The van der Waals surface area contributed by atoms with Gasteiger partial charge in [0.05, 0.1) is 41.1 Å². The molecule has 6 N–H and O–H groups in total. The molecule has 1 aliphatic carbocycles. The fourth-order valence-corrected chi connectivity index (χ4v) is 10.3. The molecule has 2 aliphatic rings. The number of carbonyl (C=O) groups excluding carboxylic acids is 7. The Bertz CT molecular complexity index is 2950. The highest BCUT2D eigenvalue weighted by molar-refractivity contribution is 5.98. The molecule has 81 heavy (non-hydrogen) atoms. The minimum absolute atomic E-state index is 0.0182. The van der Waals surface area contributed by atoms with Gasteiger partial charge in [-0.05, 0) is 128 Å². The number of ketones is 3. The third-order valence-corrected chi connectivity index (χ3v) is 14.8. The molecule has 5 amide bonds.